The van der Waals surface area contributed by atoms with Gasteiger partial charge in [0.15, 0.2) is 0 Å². The number of nitrogens with zero attached hydrogens (tertiary/aromatic N) is 3. The van der Waals surface area contributed by atoms with Gasteiger partial charge in [-0.1, -0.05) is 12.1 Å². The third-order valence-corrected chi connectivity index (χ3v) is 8.58. The Morgan fingerprint density at radius 3 is 2.39 bits per heavy atom. The maximum atomic E-state index is 13.4. The van der Waals surface area contributed by atoms with Crippen LogP contribution < -0.4 is 14.4 Å². The van der Waals surface area contributed by atoms with Crippen molar-refractivity contribution < 1.29 is 13.2 Å². The fraction of sp³-hybridized carbons (Fsp3) is 0.520. The molecule has 4 rings (SSSR count). The van der Waals surface area contributed by atoms with Crippen molar-refractivity contribution in [3.05, 3.63) is 52.6 Å². The van der Waals surface area contributed by atoms with Gasteiger partial charge >= 0.3 is 0 Å². The van der Waals surface area contributed by atoms with E-state index in [4.69, 9.17) is 4.74 Å². The Bertz CT molecular complexity index is 1110. The van der Waals surface area contributed by atoms with Crippen molar-refractivity contribution in [1.29, 1.82) is 0 Å². The van der Waals surface area contributed by atoms with Gasteiger partial charge < -0.3 is 14.5 Å². The van der Waals surface area contributed by atoms with E-state index in [2.05, 4.69) is 51.7 Å². The largest absolute Gasteiger partial charge is 0.495 e. The molecule has 0 radical (unpaired) electrons. The van der Waals surface area contributed by atoms with E-state index >= 15 is 0 Å². The molecule has 2 heterocycles. The molecule has 2 aromatic carbocycles. The molecule has 33 heavy (non-hydrogen) atoms. The average molecular weight is 473 g/mol. The third-order valence-electron chi connectivity index (χ3n) is 7.13. The van der Waals surface area contributed by atoms with Crippen LogP contribution in [0.15, 0.2) is 35.2 Å². The second-order valence-electron chi connectivity index (χ2n) is 9.35. The summed E-state index contributed by atoms with van der Waals surface area (Å²) < 4.78 is 35.0. The Hall–Kier alpha value is -2.13. The maximum Gasteiger partial charge on any atom is 0.244 e. The minimum Gasteiger partial charge on any atom is -0.495 e. The summed E-state index contributed by atoms with van der Waals surface area (Å²) in [5.74, 6) is 0.377. The molecule has 0 saturated carbocycles. The molecule has 1 saturated heterocycles. The van der Waals surface area contributed by atoms with E-state index in [0.29, 0.717) is 12.3 Å². The van der Waals surface area contributed by atoms with Gasteiger partial charge in [0.25, 0.3) is 0 Å². The zero-order chi connectivity index (χ0) is 23.8. The lowest BCUT2D eigenvalue weighted by atomic mass is 10.0. The Morgan fingerprint density at radius 2 is 1.70 bits per heavy atom. The van der Waals surface area contributed by atoms with E-state index in [1.165, 1.54) is 23.9 Å². The molecule has 0 bridgehead atoms. The van der Waals surface area contributed by atoms with Crippen LogP contribution >= 0.6 is 0 Å². The first-order chi connectivity index (χ1) is 15.7. The quantitative estimate of drug-likeness (QED) is 0.668. The molecule has 7 nitrogen and oxygen atoms in total. The number of hydrogen-bond donors (Lipinski definition) is 1. The monoisotopic (exact) mass is 472 g/mol. The van der Waals surface area contributed by atoms with Crippen LogP contribution in [0.25, 0.3) is 0 Å². The van der Waals surface area contributed by atoms with Gasteiger partial charge in [0, 0.05) is 58.0 Å². The van der Waals surface area contributed by atoms with E-state index in [0.717, 1.165) is 50.3 Å². The number of benzene rings is 2. The molecule has 1 atom stereocenters. The van der Waals surface area contributed by atoms with E-state index in [9.17, 15) is 8.42 Å². The molecular weight excluding hydrogens is 436 g/mol. The van der Waals surface area contributed by atoms with Crippen molar-refractivity contribution in [3.63, 3.8) is 0 Å². The highest BCUT2D eigenvalue weighted by molar-refractivity contribution is 7.89. The fourth-order valence-corrected chi connectivity index (χ4v) is 6.06. The minimum absolute atomic E-state index is 0.0257. The first-order valence-electron chi connectivity index (χ1n) is 11.6. The summed E-state index contributed by atoms with van der Waals surface area (Å²) in [7, 11) is 2.03. The van der Waals surface area contributed by atoms with Crippen molar-refractivity contribution >= 4 is 15.7 Å². The molecule has 2 aromatic rings. The standard InChI is InChI=1S/C25H36N4O3S/c1-18-14-24(32-5)25(15-19(18)2)33(30,31)26-17-23(29-12-10-27(3)11-13-29)20-6-7-22-21(16-20)8-9-28(22)4/h6-7,14-16,23,26H,8-13,17H2,1-5H3. The van der Waals surface area contributed by atoms with Crippen LogP contribution in [-0.4, -0.2) is 78.7 Å². The summed E-state index contributed by atoms with van der Waals surface area (Å²) in [4.78, 5) is 7.19. The number of ether oxygens (including phenoxy) is 1. The molecule has 0 aliphatic carbocycles. The average Bonchev–Trinajstić information content (AvgIpc) is 3.16. The summed E-state index contributed by atoms with van der Waals surface area (Å²) in [6, 6.07) is 10.1. The molecule has 1 fully saturated rings. The van der Waals surface area contributed by atoms with E-state index in [1.54, 1.807) is 12.1 Å². The summed E-state index contributed by atoms with van der Waals surface area (Å²) in [6.07, 6.45) is 1.03. The number of piperazine rings is 1. The highest BCUT2D eigenvalue weighted by atomic mass is 32.2. The van der Waals surface area contributed by atoms with Crippen molar-refractivity contribution in [1.82, 2.24) is 14.5 Å². The lowest BCUT2D eigenvalue weighted by molar-refractivity contribution is 0.113. The normalized spacial score (nSPS) is 18.4. The van der Waals surface area contributed by atoms with E-state index in [1.807, 2.05) is 13.8 Å². The predicted molar refractivity (Wildman–Crippen MR) is 133 cm³/mol. The molecule has 0 aromatic heterocycles. The van der Waals surface area contributed by atoms with Crippen LogP contribution in [-0.2, 0) is 16.4 Å². The molecule has 1 unspecified atom stereocenters. The highest BCUT2D eigenvalue weighted by Crippen LogP contribution is 2.32. The maximum absolute atomic E-state index is 13.4. The summed E-state index contributed by atoms with van der Waals surface area (Å²) in [6.45, 7) is 8.98. The van der Waals surface area contributed by atoms with Crippen LogP contribution in [0.2, 0.25) is 0 Å². The predicted octanol–water partition coefficient (Wildman–Crippen LogP) is 2.57. The lowest BCUT2D eigenvalue weighted by Gasteiger charge is -2.38. The van der Waals surface area contributed by atoms with Gasteiger partial charge in [-0.2, -0.15) is 0 Å². The van der Waals surface area contributed by atoms with Gasteiger partial charge in [0.2, 0.25) is 10.0 Å². The number of nitrogens with one attached hydrogen (secondary N) is 1. The number of methoxy groups -OCH3 is 1. The molecule has 2 aliphatic rings. The van der Waals surface area contributed by atoms with Crippen molar-refractivity contribution in [2.75, 3.05) is 65.4 Å². The number of likely N-dealkylation sites (N-methyl/N-ethyl adjacent to an activating group) is 2. The van der Waals surface area contributed by atoms with Crippen molar-refractivity contribution in [3.8, 4) is 5.75 Å². The number of fused-ring (bicyclic) bond motifs is 1. The van der Waals surface area contributed by atoms with Crippen molar-refractivity contribution in [2.24, 2.45) is 0 Å². The fourth-order valence-electron chi connectivity index (χ4n) is 4.78. The lowest BCUT2D eigenvalue weighted by Crippen LogP contribution is -2.48. The molecule has 180 valence electrons. The smallest absolute Gasteiger partial charge is 0.244 e. The molecule has 2 aliphatic heterocycles. The zero-order valence-electron chi connectivity index (χ0n) is 20.4. The highest BCUT2D eigenvalue weighted by Gasteiger charge is 2.28. The number of aryl methyl sites for hydroxylation is 2. The van der Waals surface area contributed by atoms with Crippen molar-refractivity contribution in [2.45, 2.75) is 31.2 Å². The first-order valence-corrected chi connectivity index (χ1v) is 13.1. The number of rotatable bonds is 7. The van der Waals surface area contributed by atoms with Gasteiger partial charge in [-0.15, -0.1) is 0 Å². The minimum atomic E-state index is -3.74. The van der Waals surface area contributed by atoms with Gasteiger partial charge in [0.05, 0.1) is 7.11 Å². The van der Waals surface area contributed by atoms with Crippen LogP contribution in [0.1, 0.15) is 28.3 Å². The SMILES string of the molecule is COc1cc(C)c(C)cc1S(=O)(=O)NCC(c1ccc2c(c1)CCN2C)N1CCN(C)CC1. The van der Waals surface area contributed by atoms with E-state index in [-0.39, 0.29) is 10.9 Å². The molecular formula is C25H36N4O3S. The molecule has 0 spiro atoms. The Kier molecular flexibility index (Phi) is 7.00. The first kappa shape index (κ1) is 24.0. The Balaban J connectivity index is 1.62. The molecule has 1 N–H and O–H groups in total. The zero-order valence-corrected chi connectivity index (χ0v) is 21.2. The second-order valence-corrected chi connectivity index (χ2v) is 11.1. The van der Waals surface area contributed by atoms with Crippen LogP contribution in [0.3, 0.4) is 0 Å². The Labute approximate surface area is 198 Å². The number of sulfonamides is 1. The topological polar surface area (TPSA) is 65.1 Å². The molecule has 0 amide bonds. The van der Waals surface area contributed by atoms with Gasteiger partial charge in [0.1, 0.15) is 10.6 Å². The molecule has 8 heteroatoms. The summed E-state index contributed by atoms with van der Waals surface area (Å²) >= 11 is 0. The van der Waals surface area contributed by atoms with Crippen LogP contribution in [0.5, 0.6) is 5.75 Å². The second kappa shape index (κ2) is 9.62. The van der Waals surface area contributed by atoms with Crippen LogP contribution in [0, 0.1) is 13.8 Å². The third kappa shape index (κ3) is 5.04. The summed E-state index contributed by atoms with van der Waals surface area (Å²) in [5, 5.41) is 0. The Morgan fingerprint density at radius 1 is 1.00 bits per heavy atom. The van der Waals surface area contributed by atoms with Gasteiger partial charge in [-0.25, -0.2) is 13.1 Å². The number of anilines is 1. The van der Waals surface area contributed by atoms with Gasteiger partial charge in [-0.3, -0.25) is 4.90 Å². The number of hydrogen-bond acceptors (Lipinski definition) is 6. The van der Waals surface area contributed by atoms with Crippen LogP contribution in [0.4, 0.5) is 5.69 Å². The summed E-state index contributed by atoms with van der Waals surface area (Å²) in [5.41, 5.74) is 5.71. The van der Waals surface area contributed by atoms with Gasteiger partial charge in [-0.05, 0) is 67.8 Å². The van der Waals surface area contributed by atoms with E-state index < -0.39 is 10.0 Å².